The van der Waals surface area contributed by atoms with Crippen LogP contribution in [-0.4, -0.2) is 16.2 Å². The normalized spacial score (nSPS) is 14.4. The highest BCUT2D eigenvalue weighted by atomic mass is 79.9. The van der Waals surface area contributed by atoms with E-state index in [1.165, 1.54) is 0 Å². The Morgan fingerprint density at radius 1 is 0.688 bits per heavy atom. The minimum absolute atomic E-state index is 0.0254. The van der Waals surface area contributed by atoms with E-state index in [9.17, 15) is 15.0 Å². The highest BCUT2D eigenvalue weighted by Gasteiger charge is 2.53. The molecular weight excluding hydrogens is 766 g/mol. The van der Waals surface area contributed by atoms with E-state index in [1.54, 1.807) is 24.3 Å². The van der Waals surface area contributed by atoms with Crippen LogP contribution in [0.4, 0.5) is 0 Å². The van der Waals surface area contributed by atoms with Gasteiger partial charge < -0.3 is 14.9 Å². The van der Waals surface area contributed by atoms with Gasteiger partial charge in [0.1, 0.15) is 11.5 Å². The number of carbonyl (C=O) groups is 1. The number of hydrogen-bond donors (Lipinski definition) is 2. The van der Waals surface area contributed by atoms with Crippen LogP contribution in [0.25, 0.3) is 0 Å². The monoisotopic (exact) mass is 766 g/mol. The van der Waals surface area contributed by atoms with Gasteiger partial charge in [0.15, 0.2) is 5.60 Å². The summed E-state index contributed by atoms with van der Waals surface area (Å²) in [4.78, 5) is 13.1. The molecule has 0 bridgehead atoms. The van der Waals surface area contributed by atoms with Crippen molar-refractivity contribution in [3.8, 4) is 11.5 Å². The maximum absolute atomic E-state index is 13.1. The topological polar surface area (TPSA) is 66.8 Å². The molecule has 0 unspecified atom stereocenters. The van der Waals surface area contributed by atoms with E-state index in [4.69, 9.17) is 51.1 Å². The number of hydrogen-bond acceptors (Lipinski definition) is 4. The van der Waals surface area contributed by atoms with Gasteiger partial charge in [-0.1, -0.05) is 46.4 Å². The molecule has 32 heavy (non-hydrogen) atoms. The summed E-state index contributed by atoms with van der Waals surface area (Å²) in [5.74, 6) is -0.884. The molecule has 4 rings (SSSR count). The number of ether oxygens (including phenoxy) is 1. The molecule has 0 aliphatic carbocycles. The molecule has 3 aromatic carbocycles. The van der Waals surface area contributed by atoms with Crippen LogP contribution in [0.1, 0.15) is 27.0 Å². The third-order valence-corrected chi connectivity index (χ3v) is 9.14. The molecule has 0 radical (unpaired) electrons. The smallest absolute Gasteiger partial charge is 0.341 e. The first-order chi connectivity index (χ1) is 14.9. The lowest BCUT2D eigenvalue weighted by atomic mass is 9.79. The third-order valence-electron chi connectivity index (χ3n) is 4.92. The van der Waals surface area contributed by atoms with E-state index >= 15 is 0 Å². The van der Waals surface area contributed by atoms with Crippen molar-refractivity contribution in [3.05, 3.63) is 84.5 Å². The van der Waals surface area contributed by atoms with Crippen LogP contribution >= 0.6 is 110 Å². The molecule has 3 aromatic rings. The highest BCUT2D eigenvalue weighted by molar-refractivity contribution is 9.11. The molecule has 0 spiro atoms. The standard InChI is InChI=1S/C20H6Br4Cl4O4/c21-7-1-5(2-8(22)17(7)29)20(6-3-9(23)18(30)10(24)4-6)12-11(19(31)32-20)13(25)15(27)16(28)14(12)26/h1-4,29-30H. The van der Waals surface area contributed by atoms with Gasteiger partial charge in [0.25, 0.3) is 0 Å². The Balaban J connectivity index is 2.23. The molecular formula is C20H6Br4Cl4O4. The number of fused-ring (bicyclic) bond motifs is 1. The van der Waals surface area contributed by atoms with Gasteiger partial charge in [-0.3, -0.25) is 0 Å². The summed E-state index contributed by atoms with van der Waals surface area (Å²) < 4.78 is 7.29. The third kappa shape index (κ3) is 3.61. The highest BCUT2D eigenvalue weighted by Crippen LogP contribution is 2.57. The van der Waals surface area contributed by atoms with Gasteiger partial charge >= 0.3 is 5.97 Å². The number of esters is 1. The molecule has 2 N–H and O–H groups in total. The summed E-state index contributed by atoms with van der Waals surface area (Å²) in [6.45, 7) is 0. The van der Waals surface area contributed by atoms with E-state index in [0.717, 1.165) is 0 Å². The van der Waals surface area contributed by atoms with E-state index in [-0.39, 0.29) is 42.7 Å². The van der Waals surface area contributed by atoms with Gasteiger partial charge in [-0.15, -0.1) is 0 Å². The quantitative estimate of drug-likeness (QED) is 0.155. The van der Waals surface area contributed by atoms with Crippen LogP contribution in [0.5, 0.6) is 11.5 Å². The molecule has 1 aliphatic heterocycles. The molecule has 0 amide bonds. The van der Waals surface area contributed by atoms with Crippen molar-refractivity contribution in [1.29, 1.82) is 0 Å². The minimum Gasteiger partial charge on any atom is -0.506 e. The van der Waals surface area contributed by atoms with Crippen LogP contribution in [0, 0.1) is 0 Å². The van der Waals surface area contributed by atoms with E-state index in [2.05, 4.69) is 63.7 Å². The van der Waals surface area contributed by atoms with E-state index in [1.807, 2.05) is 0 Å². The van der Waals surface area contributed by atoms with Gasteiger partial charge in [-0.2, -0.15) is 0 Å². The largest absolute Gasteiger partial charge is 0.506 e. The van der Waals surface area contributed by atoms with Crippen molar-refractivity contribution in [2.75, 3.05) is 0 Å². The Bertz CT molecular complexity index is 1240. The molecule has 12 heteroatoms. The second-order valence-electron chi connectivity index (χ2n) is 6.65. The number of halogens is 8. The van der Waals surface area contributed by atoms with Crippen molar-refractivity contribution < 1.29 is 19.7 Å². The van der Waals surface area contributed by atoms with Crippen LogP contribution < -0.4 is 0 Å². The summed E-state index contributed by atoms with van der Waals surface area (Å²) in [5.41, 5.74) is -0.702. The molecule has 4 nitrogen and oxygen atoms in total. The number of rotatable bonds is 2. The van der Waals surface area contributed by atoms with Crippen LogP contribution in [0.3, 0.4) is 0 Å². The Morgan fingerprint density at radius 2 is 1.06 bits per heavy atom. The number of benzene rings is 3. The number of phenols is 2. The summed E-state index contributed by atoms with van der Waals surface area (Å²) in [6, 6.07) is 6.29. The lowest BCUT2D eigenvalue weighted by Crippen LogP contribution is -2.30. The van der Waals surface area contributed by atoms with Crippen molar-refractivity contribution in [2.45, 2.75) is 5.60 Å². The first-order valence-electron chi connectivity index (χ1n) is 8.38. The molecule has 1 aliphatic rings. The lowest BCUT2D eigenvalue weighted by Gasteiger charge is -2.32. The zero-order chi connectivity index (χ0) is 23.7. The number of aromatic hydroxyl groups is 2. The fraction of sp³-hybridized carbons (Fsp3) is 0.0500. The Kier molecular flexibility index (Phi) is 6.85. The molecule has 166 valence electrons. The second-order valence-corrected chi connectivity index (χ2v) is 11.6. The number of cyclic esters (lactones) is 1. The Labute approximate surface area is 235 Å². The first kappa shape index (κ1) is 24.9. The molecule has 0 saturated carbocycles. The minimum atomic E-state index is -1.65. The van der Waals surface area contributed by atoms with Gasteiger partial charge in [0, 0.05) is 16.7 Å². The maximum Gasteiger partial charge on any atom is 0.341 e. The van der Waals surface area contributed by atoms with E-state index in [0.29, 0.717) is 29.0 Å². The first-order valence-corrected chi connectivity index (χ1v) is 13.1. The Hall–Kier alpha value is -0.190. The lowest BCUT2D eigenvalue weighted by molar-refractivity contribution is 0.0251. The fourth-order valence-corrected chi connectivity index (χ4v) is 6.94. The predicted molar refractivity (Wildman–Crippen MR) is 139 cm³/mol. The van der Waals surface area contributed by atoms with Crippen molar-refractivity contribution >= 4 is 116 Å². The van der Waals surface area contributed by atoms with Crippen molar-refractivity contribution in [3.63, 3.8) is 0 Å². The number of phenolic OH excluding ortho intramolecular Hbond substituents is 2. The van der Waals surface area contributed by atoms with Crippen LogP contribution in [0.2, 0.25) is 20.1 Å². The summed E-state index contributed by atoms with van der Waals surface area (Å²) in [7, 11) is 0. The summed E-state index contributed by atoms with van der Waals surface area (Å²) in [6.07, 6.45) is 0. The van der Waals surface area contributed by atoms with E-state index < -0.39 is 11.6 Å². The predicted octanol–water partition coefficient (Wildman–Crippen LogP) is 9.22. The summed E-state index contributed by atoms with van der Waals surface area (Å²) >= 11 is 38.8. The maximum atomic E-state index is 13.1. The number of carbonyl (C=O) groups excluding carboxylic acids is 1. The fourth-order valence-electron chi connectivity index (χ4n) is 3.51. The average molecular weight is 772 g/mol. The van der Waals surface area contributed by atoms with Crippen LogP contribution in [-0.2, 0) is 10.3 Å². The molecule has 0 saturated heterocycles. The molecule has 0 atom stereocenters. The van der Waals surface area contributed by atoms with Gasteiger partial charge in [0.05, 0.1) is 43.5 Å². The summed E-state index contributed by atoms with van der Waals surface area (Å²) in [5, 5.41) is 20.2. The zero-order valence-corrected chi connectivity index (χ0v) is 24.4. The molecule has 1 heterocycles. The molecule has 0 aromatic heterocycles. The molecule has 0 fully saturated rings. The average Bonchev–Trinajstić information content (AvgIpc) is 3.06. The van der Waals surface area contributed by atoms with Gasteiger partial charge in [-0.25, -0.2) is 4.79 Å². The SMILES string of the molecule is O=C1OC(c2cc(Br)c(O)c(Br)c2)(c2cc(Br)c(O)c(Br)c2)c2c(Cl)c(Cl)c(Cl)c(Cl)c21. The van der Waals surface area contributed by atoms with Crippen molar-refractivity contribution in [1.82, 2.24) is 0 Å². The van der Waals surface area contributed by atoms with Crippen LogP contribution in [0.15, 0.2) is 42.2 Å². The second kappa shape index (κ2) is 8.79. The van der Waals surface area contributed by atoms with Gasteiger partial charge in [-0.05, 0) is 88.0 Å². The Morgan fingerprint density at radius 3 is 1.47 bits per heavy atom. The van der Waals surface area contributed by atoms with Gasteiger partial charge in [0.2, 0.25) is 0 Å². The zero-order valence-electron chi connectivity index (χ0n) is 15.0. The van der Waals surface area contributed by atoms with Crippen molar-refractivity contribution in [2.24, 2.45) is 0 Å².